The molecule has 0 aromatic rings. The molecule has 0 aromatic heterocycles. The van der Waals surface area contributed by atoms with E-state index in [2.05, 4.69) is 0 Å². The van der Waals surface area contributed by atoms with Gasteiger partial charge in [-0.05, 0) is 20.8 Å². The molecule has 74 valence electrons. The molecule has 0 amide bonds. The molecule has 4 nitrogen and oxygen atoms in total. The molecule has 0 saturated carbocycles. The van der Waals surface area contributed by atoms with Gasteiger partial charge in [0.25, 0.3) is 0 Å². The maximum absolute atomic E-state index is 11.1. The summed E-state index contributed by atoms with van der Waals surface area (Å²) >= 11 is 0. The standard InChI is InChI=1S/C9H14O4/c1-5-8-6(4-7(10)11-5)12-9(2,3)13-8/h5-6,8H,4H2,1-3H3/t5-,6-,8+/m0/s1. The van der Waals surface area contributed by atoms with Crippen molar-refractivity contribution in [3.63, 3.8) is 0 Å². The van der Waals surface area contributed by atoms with Crippen molar-refractivity contribution in [2.24, 2.45) is 0 Å². The minimum Gasteiger partial charge on any atom is -0.460 e. The van der Waals surface area contributed by atoms with E-state index in [1.165, 1.54) is 0 Å². The Bertz CT molecular complexity index is 236. The highest BCUT2D eigenvalue weighted by Crippen LogP contribution is 2.35. The van der Waals surface area contributed by atoms with Crippen LogP contribution in [0.3, 0.4) is 0 Å². The molecule has 0 bridgehead atoms. The maximum atomic E-state index is 11.1. The van der Waals surface area contributed by atoms with E-state index >= 15 is 0 Å². The molecule has 2 saturated heterocycles. The van der Waals surface area contributed by atoms with Crippen molar-refractivity contribution in [3.05, 3.63) is 0 Å². The number of hydrogen-bond donors (Lipinski definition) is 0. The van der Waals surface area contributed by atoms with Crippen molar-refractivity contribution in [1.29, 1.82) is 0 Å². The molecule has 2 fully saturated rings. The van der Waals surface area contributed by atoms with E-state index in [9.17, 15) is 4.79 Å². The molecule has 13 heavy (non-hydrogen) atoms. The summed E-state index contributed by atoms with van der Waals surface area (Å²) in [6.07, 6.45) is -0.134. The summed E-state index contributed by atoms with van der Waals surface area (Å²) in [6.45, 7) is 5.53. The Morgan fingerprint density at radius 1 is 1.38 bits per heavy atom. The van der Waals surface area contributed by atoms with Gasteiger partial charge < -0.3 is 14.2 Å². The van der Waals surface area contributed by atoms with Crippen molar-refractivity contribution in [2.45, 2.75) is 51.3 Å². The fraction of sp³-hybridized carbons (Fsp3) is 0.889. The van der Waals surface area contributed by atoms with Gasteiger partial charge in [-0.3, -0.25) is 4.79 Å². The number of fused-ring (bicyclic) bond motifs is 1. The lowest BCUT2D eigenvalue weighted by Crippen LogP contribution is -2.43. The molecule has 0 radical (unpaired) electrons. The minimum absolute atomic E-state index is 0.104. The van der Waals surface area contributed by atoms with Crippen molar-refractivity contribution >= 4 is 5.97 Å². The van der Waals surface area contributed by atoms with Crippen LogP contribution in [0, 0.1) is 0 Å². The largest absolute Gasteiger partial charge is 0.460 e. The lowest BCUT2D eigenvalue weighted by Gasteiger charge is -2.27. The van der Waals surface area contributed by atoms with Crippen LogP contribution in [0.5, 0.6) is 0 Å². The fourth-order valence-corrected chi connectivity index (χ4v) is 1.91. The van der Waals surface area contributed by atoms with Crippen LogP contribution < -0.4 is 0 Å². The second-order valence-electron chi connectivity index (χ2n) is 4.04. The first-order chi connectivity index (χ1) is 5.98. The molecule has 3 atom stereocenters. The zero-order valence-electron chi connectivity index (χ0n) is 8.07. The molecule has 2 aliphatic heterocycles. The average Bonchev–Trinajstić information content (AvgIpc) is 2.23. The van der Waals surface area contributed by atoms with Crippen LogP contribution in [-0.2, 0) is 19.0 Å². The first-order valence-electron chi connectivity index (χ1n) is 4.53. The molecule has 0 unspecified atom stereocenters. The van der Waals surface area contributed by atoms with E-state index in [1.54, 1.807) is 0 Å². The van der Waals surface area contributed by atoms with E-state index in [4.69, 9.17) is 14.2 Å². The number of hydrogen-bond acceptors (Lipinski definition) is 4. The van der Waals surface area contributed by atoms with Crippen molar-refractivity contribution in [2.75, 3.05) is 0 Å². The second-order valence-corrected chi connectivity index (χ2v) is 4.04. The van der Waals surface area contributed by atoms with E-state index in [0.717, 1.165) is 0 Å². The summed E-state index contributed by atoms with van der Waals surface area (Å²) in [4.78, 5) is 11.1. The predicted molar refractivity (Wildman–Crippen MR) is 44.0 cm³/mol. The first kappa shape index (κ1) is 8.97. The summed E-state index contributed by atoms with van der Waals surface area (Å²) in [5, 5.41) is 0. The van der Waals surface area contributed by atoms with Gasteiger partial charge in [-0.2, -0.15) is 0 Å². The van der Waals surface area contributed by atoms with Gasteiger partial charge in [-0.25, -0.2) is 0 Å². The number of rotatable bonds is 0. The van der Waals surface area contributed by atoms with Gasteiger partial charge in [-0.15, -0.1) is 0 Å². The van der Waals surface area contributed by atoms with Crippen LogP contribution in [-0.4, -0.2) is 30.1 Å². The van der Waals surface area contributed by atoms with Crippen LogP contribution in [0.25, 0.3) is 0 Å². The normalized spacial score (nSPS) is 42.7. The van der Waals surface area contributed by atoms with Gasteiger partial charge in [0.2, 0.25) is 0 Å². The monoisotopic (exact) mass is 186 g/mol. The Morgan fingerprint density at radius 3 is 2.77 bits per heavy atom. The molecule has 2 aliphatic rings. The van der Waals surface area contributed by atoms with Gasteiger partial charge in [0.1, 0.15) is 18.3 Å². The van der Waals surface area contributed by atoms with Crippen LogP contribution in [0.15, 0.2) is 0 Å². The van der Waals surface area contributed by atoms with Gasteiger partial charge in [0, 0.05) is 0 Å². The lowest BCUT2D eigenvalue weighted by molar-refractivity contribution is -0.167. The van der Waals surface area contributed by atoms with Gasteiger partial charge in [-0.1, -0.05) is 0 Å². The zero-order chi connectivity index (χ0) is 9.64. The quantitative estimate of drug-likeness (QED) is 0.526. The maximum Gasteiger partial charge on any atom is 0.308 e. The van der Waals surface area contributed by atoms with E-state index in [1.807, 2.05) is 20.8 Å². The second kappa shape index (κ2) is 2.69. The molecule has 2 rings (SSSR count). The third kappa shape index (κ3) is 1.56. The van der Waals surface area contributed by atoms with Crippen LogP contribution in [0.2, 0.25) is 0 Å². The van der Waals surface area contributed by atoms with Crippen LogP contribution >= 0.6 is 0 Å². The lowest BCUT2D eigenvalue weighted by atomic mass is 10.0. The molecule has 0 aliphatic carbocycles. The summed E-state index contributed by atoms with van der Waals surface area (Å²) in [5.41, 5.74) is 0. The summed E-state index contributed by atoms with van der Waals surface area (Å²) < 4.78 is 16.2. The molecule has 0 spiro atoms. The molecular formula is C9H14O4. The highest BCUT2D eigenvalue weighted by Gasteiger charge is 2.48. The van der Waals surface area contributed by atoms with E-state index in [0.29, 0.717) is 6.42 Å². The molecule has 2 heterocycles. The Kier molecular flexibility index (Phi) is 1.85. The highest BCUT2D eigenvalue weighted by atomic mass is 16.8. The van der Waals surface area contributed by atoms with E-state index < -0.39 is 5.79 Å². The molecule has 4 heteroatoms. The number of carbonyl (C=O) groups is 1. The fourth-order valence-electron chi connectivity index (χ4n) is 1.91. The van der Waals surface area contributed by atoms with Crippen molar-refractivity contribution < 1.29 is 19.0 Å². The Hall–Kier alpha value is -0.610. The van der Waals surface area contributed by atoms with Crippen molar-refractivity contribution in [1.82, 2.24) is 0 Å². The predicted octanol–water partition coefficient (Wildman–Crippen LogP) is 0.842. The van der Waals surface area contributed by atoms with Crippen molar-refractivity contribution in [3.8, 4) is 0 Å². The molecule has 0 aromatic carbocycles. The summed E-state index contributed by atoms with van der Waals surface area (Å²) in [5.74, 6) is -0.785. The Morgan fingerprint density at radius 2 is 2.08 bits per heavy atom. The highest BCUT2D eigenvalue weighted by molar-refractivity contribution is 5.71. The van der Waals surface area contributed by atoms with Crippen LogP contribution in [0.1, 0.15) is 27.2 Å². The number of carbonyl (C=O) groups excluding carboxylic acids is 1. The third-order valence-electron chi connectivity index (χ3n) is 2.37. The molecular weight excluding hydrogens is 172 g/mol. The van der Waals surface area contributed by atoms with Gasteiger partial charge >= 0.3 is 5.97 Å². The smallest absolute Gasteiger partial charge is 0.308 e. The Labute approximate surface area is 77.1 Å². The number of esters is 1. The first-order valence-corrected chi connectivity index (χ1v) is 4.53. The zero-order valence-corrected chi connectivity index (χ0v) is 8.07. The van der Waals surface area contributed by atoms with Gasteiger partial charge in [0.15, 0.2) is 5.79 Å². The third-order valence-corrected chi connectivity index (χ3v) is 2.37. The topological polar surface area (TPSA) is 44.8 Å². The van der Waals surface area contributed by atoms with Crippen LogP contribution in [0.4, 0.5) is 0 Å². The van der Waals surface area contributed by atoms with Gasteiger partial charge in [0.05, 0.1) is 6.42 Å². The Balaban J connectivity index is 2.14. The summed E-state index contributed by atoms with van der Waals surface area (Å²) in [7, 11) is 0. The van der Waals surface area contributed by atoms with E-state index in [-0.39, 0.29) is 24.3 Å². The summed E-state index contributed by atoms with van der Waals surface area (Å²) in [6, 6.07) is 0. The number of ether oxygens (including phenoxy) is 3. The SMILES string of the molecule is C[C@@H]1OC(=O)C[C@@H]2OC(C)(C)O[C@H]12. The molecule has 0 N–H and O–H groups in total. The number of cyclic esters (lactones) is 1. The average molecular weight is 186 g/mol. The minimum atomic E-state index is -0.586.